The normalized spacial score (nSPS) is 11.8. The van der Waals surface area contributed by atoms with Crippen molar-refractivity contribution in [1.29, 1.82) is 0 Å². The van der Waals surface area contributed by atoms with Crippen LogP contribution in [0.1, 0.15) is 18.8 Å². The van der Waals surface area contributed by atoms with Crippen LogP contribution in [0.15, 0.2) is 15.5 Å². The van der Waals surface area contributed by atoms with E-state index in [1.165, 1.54) is 10.9 Å². The molecule has 8 nitrogen and oxygen atoms in total. The molecule has 1 unspecified atom stereocenters. The molecule has 0 radical (unpaired) electrons. The highest BCUT2D eigenvalue weighted by molar-refractivity contribution is 9.10. The number of tetrazole rings is 1. The fourth-order valence-electron chi connectivity index (χ4n) is 1.42. The van der Waals surface area contributed by atoms with Gasteiger partial charge in [-0.15, -0.1) is 16.6 Å². The average Bonchev–Trinajstić information content (AvgIpc) is 2.92. The van der Waals surface area contributed by atoms with Crippen LogP contribution < -0.4 is 10.9 Å². The van der Waals surface area contributed by atoms with Gasteiger partial charge in [0.2, 0.25) is 0 Å². The first-order chi connectivity index (χ1) is 9.13. The summed E-state index contributed by atoms with van der Waals surface area (Å²) in [4.78, 5) is 11.9. The fraction of sp³-hybridized carbons (Fsp3) is 0.300. The number of aromatic amines is 1. The van der Waals surface area contributed by atoms with Gasteiger partial charge in [0.15, 0.2) is 5.82 Å². The van der Waals surface area contributed by atoms with Crippen molar-refractivity contribution in [2.45, 2.75) is 19.5 Å². The fourth-order valence-corrected chi connectivity index (χ4v) is 1.84. The van der Waals surface area contributed by atoms with Crippen LogP contribution in [-0.4, -0.2) is 30.4 Å². The van der Waals surface area contributed by atoms with E-state index < -0.39 is 0 Å². The molecule has 0 fully saturated rings. The van der Waals surface area contributed by atoms with Crippen LogP contribution in [0.2, 0.25) is 0 Å². The van der Waals surface area contributed by atoms with E-state index in [1.54, 1.807) is 0 Å². The van der Waals surface area contributed by atoms with Crippen molar-refractivity contribution in [3.8, 4) is 12.3 Å². The predicted molar refractivity (Wildman–Crippen MR) is 71.2 cm³/mol. The number of terminal acetylenes is 1. The quantitative estimate of drug-likeness (QED) is 0.786. The Morgan fingerprint density at radius 3 is 3.11 bits per heavy atom. The third-order valence-electron chi connectivity index (χ3n) is 2.35. The van der Waals surface area contributed by atoms with Crippen molar-refractivity contribution in [2.75, 3.05) is 5.32 Å². The molecule has 19 heavy (non-hydrogen) atoms. The second-order valence-corrected chi connectivity index (χ2v) is 4.47. The molecule has 1 atom stereocenters. The lowest BCUT2D eigenvalue weighted by Crippen LogP contribution is -2.24. The highest BCUT2D eigenvalue weighted by atomic mass is 79.9. The topological polar surface area (TPSA) is 101 Å². The molecule has 2 N–H and O–H groups in total. The number of nitrogens with zero attached hydrogens (tertiary/aromatic N) is 5. The van der Waals surface area contributed by atoms with Crippen LogP contribution >= 0.6 is 15.9 Å². The van der Waals surface area contributed by atoms with Crippen molar-refractivity contribution in [1.82, 2.24) is 30.4 Å². The summed E-state index contributed by atoms with van der Waals surface area (Å²) in [7, 11) is 0. The predicted octanol–water partition coefficient (Wildman–Crippen LogP) is 0.325. The van der Waals surface area contributed by atoms with Gasteiger partial charge in [0.25, 0.3) is 5.56 Å². The lowest BCUT2D eigenvalue weighted by molar-refractivity contribution is 0.657. The molecule has 0 aromatic carbocycles. The van der Waals surface area contributed by atoms with E-state index in [-0.39, 0.29) is 18.1 Å². The molecule has 2 aromatic heterocycles. The number of hydrogen-bond donors (Lipinski definition) is 2. The molecule has 0 amide bonds. The minimum Gasteiger partial charge on any atom is -0.373 e. The van der Waals surface area contributed by atoms with E-state index in [0.717, 1.165) is 0 Å². The maximum Gasteiger partial charge on any atom is 0.284 e. The first kappa shape index (κ1) is 13.2. The Morgan fingerprint density at radius 2 is 2.47 bits per heavy atom. The number of aromatic nitrogens is 6. The number of hydrogen-bond acceptors (Lipinski definition) is 6. The van der Waals surface area contributed by atoms with Gasteiger partial charge in [-0.3, -0.25) is 4.79 Å². The second-order valence-electron chi connectivity index (χ2n) is 3.68. The summed E-state index contributed by atoms with van der Waals surface area (Å²) >= 11 is 3.22. The summed E-state index contributed by atoms with van der Waals surface area (Å²) in [6.07, 6.45) is 6.67. The molecular formula is C10H10BrN7O. The van der Waals surface area contributed by atoms with Crippen molar-refractivity contribution in [2.24, 2.45) is 0 Å². The van der Waals surface area contributed by atoms with E-state index >= 15 is 0 Å². The summed E-state index contributed by atoms with van der Waals surface area (Å²) in [6, 6.07) is -0.222. The van der Waals surface area contributed by atoms with E-state index in [4.69, 9.17) is 6.42 Å². The van der Waals surface area contributed by atoms with Crippen LogP contribution in [0, 0.1) is 12.3 Å². The summed E-state index contributed by atoms with van der Waals surface area (Å²) in [5.74, 6) is 2.85. The SMILES string of the molecule is C#CCn1ncc(NC(C)c2nn[nH]n2)c(Br)c1=O. The molecule has 2 heterocycles. The summed E-state index contributed by atoms with van der Waals surface area (Å²) < 4.78 is 1.54. The minimum absolute atomic E-state index is 0.123. The average molecular weight is 324 g/mol. The Balaban J connectivity index is 2.25. The third kappa shape index (κ3) is 2.79. The molecule has 0 aliphatic carbocycles. The van der Waals surface area contributed by atoms with Gasteiger partial charge in [0, 0.05) is 0 Å². The second kappa shape index (κ2) is 5.62. The van der Waals surface area contributed by atoms with Crippen LogP contribution in [-0.2, 0) is 6.54 Å². The van der Waals surface area contributed by atoms with Crippen LogP contribution in [0.25, 0.3) is 0 Å². The number of nitrogens with one attached hydrogen (secondary N) is 2. The van der Waals surface area contributed by atoms with E-state index in [2.05, 4.69) is 52.9 Å². The summed E-state index contributed by atoms with van der Waals surface area (Å²) in [5, 5.41) is 20.6. The first-order valence-corrected chi connectivity index (χ1v) is 6.11. The highest BCUT2D eigenvalue weighted by Crippen LogP contribution is 2.20. The van der Waals surface area contributed by atoms with E-state index in [9.17, 15) is 4.79 Å². The van der Waals surface area contributed by atoms with E-state index in [1.807, 2.05) is 6.92 Å². The highest BCUT2D eigenvalue weighted by Gasteiger charge is 2.14. The van der Waals surface area contributed by atoms with Gasteiger partial charge < -0.3 is 5.32 Å². The molecule has 0 aliphatic rings. The Bertz CT molecular complexity index is 658. The molecule has 9 heteroatoms. The standard InChI is InChI=1S/C10H10BrN7O/c1-3-4-18-10(19)8(11)7(5-12-18)13-6(2)9-14-16-17-15-9/h1,5-6,13H,4H2,2H3,(H,14,15,16,17). The lowest BCUT2D eigenvalue weighted by atomic mass is 10.3. The molecular weight excluding hydrogens is 314 g/mol. The minimum atomic E-state index is -0.303. The van der Waals surface area contributed by atoms with Gasteiger partial charge in [-0.1, -0.05) is 11.1 Å². The molecule has 2 aromatic rings. The maximum absolute atomic E-state index is 11.9. The van der Waals surface area contributed by atoms with Crippen molar-refractivity contribution in [3.63, 3.8) is 0 Å². The monoisotopic (exact) mass is 323 g/mol. The zero-order chi connectivity index (χ0) is 13.8. The van der Waals surface area contributed by atoms with Gasteiger partial charge in [-0.2, -0.15) is 10.3 Å². The van der Waals surface area contributed by atoms with Crippen molar-refractivity contribution >= 4 is 21.6 Å². The summed E-state index contributed by atoms with van der Waals surface area (Å²) in [5.41, 5.74) is 0.235. The Kier molecular flexibility index (Phi) is 3.91. The van der Waals surface area contributed by atoms with Gasteiger partial charge in [0.1, 0.15) is 11.0 Å². The van der Waals surface area contributed by atoms with Crippen LogP contribution in [0.4, 0.5) is 5.69 Å². The maximum atomic E-state index is 11.9. The Hall–Kier alpha value is -2.21. The molecule has 2 rings (SSSR count). The van der Waals surface area contributed by atoms with Crippen molar-refractivity contribution in [3.05, 3.63) is 26.8 Å². The largest absolute Gasteiger partial charge is 0.373 e. The van der Waals surface area contributed by atoms with Crippen LogP contribution in [0.3, 0.4) is 0 Å². The van der Waals surface area contributed by atoms with E-state index in [0.29, 0.717) is 16.0 Å². The smallest absolute Gasteiger partial charge is 0.284 e. The van der Waals surface area contributed by atoms with Gasteiger partial charge in [0.05, 0.1) is 17.9 Å². The molecule has 0 bridgehead atoms. The number of anilines is 1. The Morgan fingerprint density at radius 1 is 1.68 bits per heavy atom. The molecule has 0 saturated carbocycles. The first-order valence-electron chi connectivity index (χ1n) is 5.32. The van der Waals surface area contributed by atoms with Crippen LogP contribution in [0.5, 0.6) is 0 Å². The molecule has 98 valence electrons. The van der Waals surface area contributed by atoms with Crippen molar-refractivity contribution < 1.29 is 0 Å². The zero-order valence-electron chi connectivity index (χ0n) is 9.96. The van der Waals surface area contributed by atoms with Gasteiger partial charge >= 0.3 is 0 Å². The molecule has 0 aliphatic heterocycles. The number of rotatable bonds is 4. The molecule has 0 saturated heterocycles. The summed E-state index contributed by atoms with van der Waals surface area (Å²) in [6.45, 7) is 1.96. The Labute approximate surface area is 116 Å². The zero-order valence-corrected chi connectivity index (χ0v) is 11.5. The number of H-pyrrole nitrogens is 1. The van der Waals surface area contributed by atoms with Gasteiger partial charge in [-0.05, 0) is 22.9 Å². The lowest BCUT2D eigenvalue weighted by Gasteiger charge is -2.13. The third-order valence-corrected chi connectivity index (χ3v) is 3.11. The van der Waals surface area contributed by atoms with Gasteiger partial charge in [-0.25, -0.2) is 4.68 Å². The number of halogens is 1. The molecule has 0 spiro atoms.